The molecule has 1 aromatic carbocycles. The minimum Gasteiger partial charge on any atom is -0.497 e. The van der Waals surface area contributed by atoms with Crippen LogP contribution in [0.4, 0.5) is 0 Å². The van der Waals surface area contributed by atoms with Crippen LogP contribution in [0.25, 0.3) is 0 Å². The predicted molar refractivity (Wildman–Crippen MR) is 79.3 cm³/mol. The monoisotopic (exact) mass is 293 g/mol. The van der Waals surface area contributed by atoms with Gasteiger partial charge in [0.2, 0.25) is 5.91 Å². The number of hydrogen-bond acceptors (Lipinski definition) is 4. The number of rotatable bonds is 6. The Labute approximate surface area is 125 Å². The maximum Gasteiger partial charge on any atom is 0.220 e. The van der Waals surface area contributed by atoms with Crippen molar-refractivity contribution in [2.45, 2.75) is 31.2 Å². The van der Waals surface area contributed by atoms with Gasteiger partial charge in [0.15, 0.2) is 0 Å². The molecule has 0 bridgehead atoms. The van der Waals surface area contributed by atoms with Crippen molar-refractivity contribution in [2.75, 3.05) is 26.9 Å². The van der Waals surface area contributed by atoms with Gasteiger partial charge in [-0.3, -0.25) is 4.79 Å². The van der Waals surface area contributed by atoms with Crippen LogP contribution in [0.3, 0.4) is 0 Å². The summed E-state index contributed by atoms with van der Waals surface area (Å²) in [6, 6.07) is 7.70. The van der Waals surface area contributed by atoms with Gasteiger partial charge in [0.05, 0.1) is 19.3 Å². The summed E-state index contributed by atoms with van der Waals surface area (Å²) in [5.74, 6) is 0.784. The van der Waals surface area contributed by atoms with Gasteiger partial charge in [-0.1, -0.05) is 12.1 Å². The van der Waals surface area contributed by atoms with E-state index in [1.165, 1.54) is 0 Å². The first-order valence-electron chi connectivity index (χ1n) is 7.30. The van der Waals surface area contributed by atoms with E-state index in [1.807, 2.05) is 24.3 Å². The molecule has 0 atom stereocenters. The molecule has 1 aliphatic heterocycles. The smallest absolute Gasteiger partial charge is 0.220 e. The molecule has 21 heavy (non-hydrogen) atoms. The van der Waals surface area contributed by atoms with E-state index in [1.54, 1.807) is 7.11 Å². The SMILES string of the molecule is COc1ccc(CCC(=O)NC2(CO)CCOCC2)cc1. The molecular weight excluding hydrogens is 270 g/mol. The van der Waals surface area contributed by atoms with Crippen LogP contribution >= 0.6 is 0 Å². The topological polar surface area (TPSA) is 67.8 Å². The van der Waals surface area contributed by atoms with E-state index in [2.05, 4.69) is 5.32 Å². The highest BCUT2D eigenvalue weighted by molar-refractivity contribution is 5.77. The zero-order chi connectivity index (χ0) is 15.1. The van der Waals surface area contributed by atoms with Gasteiger partial charge in [-0.25, -0.2) is 0 Å². The molecule has 1 saturated heterocycles. The number of aryl methyl sites for hydroxylation is 1. The molecule has 0 radical (unpaired) electrons. The zero-order valence-corrected chi connectivity index (χ0v) is 12.4. The van der Waals surface area contributed by atoms with E-state index < -0.39 is 5.54 Å². The summed E-state index contributed by atoms with van der Waals surface area (Å²) in [6.07, 6.45) is 2.42. The number of methoxy groups -OCH3 is 1. The fourth-order valence-corrected chi connectivity index (χ4v) is 2.49. The summed E-state index contributed by atoms with van der Waals surface area (Å²) in [7, 11) is 1.63. The van der Waals surface area contributed by atoms with Crippen molar-refractivity contribution < 1.29 is 19.4 Å². The van der Waals surface area contributed by atoms with E-state index in [9.17, 15) is 9.90 Å². The summed E-state index contributed by atoms with van der Waals surface area (Å²) >= 11 is 0. The predicted octanol–water partition coefficient (Wildman–Crippen LogP) is 1.29. The Bertz CT molecular complexity index is 452. The lowest BCUT2D eigenvalue weighted by molar-refractivity contribution is -0.125. The van der Waals surface area contributed by atoms with Gasteiger partial charge in [0, 0.05) is 19.6 Å². The van der Waals surface area contributed by atoms with Crippen LogP contribution in [0, 0.1) is 0 Å². The molecule has 1 aliphatic rings. The van der Waals surface area contributed by atoms with Crippen LogP contribution in [-0.4, -0.2) is 43.5 Å². The number of nitrogens with one attached hydrogen (secondary N) is 1. The molecule has 116 valence electrons. The largest absolute Gasteiger partial charge is 0.497 e. The van der Waals surface area contributed by atoms with E-state index in [-0.39, 0.29) is 12.5 Å². The molecule has 0 saturated carbocycles. The molecule has 0 aliphatic carbocycles. The Morgan fingerprint density at radius 3 is 2.57 bits per heavy atom. The fourth-order valence-electron chi connectivity index (χ4n) is 2.49. The minimum absolute atomic E-state index is 0.0261. The molecule has 1 heterocycles. The van der Waals surface area contributed by atoms with Gasteiger partial charge >= 0.3 is 0 Å². The Morgan fingerprint density at radius 1 is 1.33 bits per heavy atom. The average Bonchev–Trinajstić information content (AvgIpc) is 2.54. The van der Waals surface area contributed by atoms with Gasteiger partial charge in [0.25, 0.3) is 0 Å². The maximum atomic E-state index is 12.1. The number of benzene rings is 1. The number of aliphatic hydroxyl groups excluding tert-OH is 1. The van der Waals surface area contributed by atoms with Gasteiger partial charge in [-0.15, -0.1) is 0 Å². The van der Waals surface area contributed by atoms with Crippen LogP contribution < -0.4 is 10.1 Å². The molecule has 2 N–H and O–H groups in total. The van der Waals surface area contributed by atoms with Crippen molar-refractivity contribution in [1.29, 1.82) is 0 Å². The zero-order valence-electron chi connectivity index (χ0n) is 12.4. The normalized spacial score (nSPS) is 17.2. The van der Waals surface area contributed by atoms with Crippen LogP contribution in [0.5, 0.6) is 5.75 Å². The van der Waals surface area contributed by atoms with E-state index in [4.69, 9.17) is 9.47 Å². The van der Waals surface area contributed by atoms with E-state index in [0.29, 0.717) is 38.9 Å². The number of ether oxygens (including phenoxy) is 2. The second kappa shape index (κ2) is 7.43. The summed E-state index contributed by atoms with van der Waals surface area (Å²) in [5, 5.41) is 12.5. The lowest BCUT2D eigenvalue weighted by Crippen LogP contribution is -2.54. The van der Waals surface area contributed by atoms with Gasteiger partial charge < -0.3 is 19.9 Å². The van der Waals surface area contributed by atoms with E-state index >= 15 is 0 Å². The van der Waals surface area contributed by atoms with Gasteiger partial charge in [-0.05, 0) is 37.0 Å². The highest BCUT2D eigenvalue weighted by atomic mass is 16.5. The second-order valence-corrected chi connectivity index (χ2v) is 5.45. The van der Waals surface area contributed by atoms with Crippen molar-refractivity contribution in [3.05, 3.63) is 29.8 Å². The quantitative estimate of drug-likeness (QED) is 0.829. The highest BCUT2D eigenvalue weighted by Crippen LogP contribution is 2.20. The number of hydrogen-bond donors (Lipinski definition) is 2. The lowest BCUT2D eigenvalue weighted by atomic mass is 9.90. The molecule has 1 fully saturated rings. The third-order valence-electron chi connectivity index (χ3n) is 3.96. The number of amides is 1. The van der Waals surface area contributed by atoms with Crippen molar-refractivity contribution >= 4 is 5.91 Å². The summed E-state index contributed by atoms with van der Waals surface area (Å²) in [5.41, 5.74) is 0.589. The van der Waals surface area contributed by atoms with Crippen molar-refractivity contribution in [3.8, 4) is 5.75 Å². The molecule has 0 aromatic heterocycles. The Hall–Kier alpha value is -1.59. The van der Waals surface area contributed by atoms with E-state index in [0.717, 1.165) is 11.3 Å². The third-order valence-corrected chi connectivity index (χ3v) is 3.96. The fraction of sp³-hybridized carbons (Fsp3) is 0.562. The Balaban J connectivity index is 1.83. The first-order valence-corrected chi connectivity index (χ1v) is 7.30. The highest BCUT2D eigenvalue weighted by Gasteiger charge is 2.33. The molecule has 5 nitrogen and oxygen atoms in total. The minimum atomic E-state index is -0.505. The van der Waals surface area contributed by atoms with Crippen LogP contribution in [0.1, 0.15) is 24.8 Å². The molecular formula is C16H23NO4. The van der Waals surface area contributed by atoms with Crippen molar-refractivity contribution in [1.82, 2.24) is 5.32 Å². The van der Waals surface area contributed by atoms with Crippen molar-refractivity contribution in [3.63, 3.8) is 0 Å². The molecule has 5 heteroatoms. The first-order chi connectivity index (χ1) is 10.2. The number of carbonyl (C=O) groups is 1. The Kier molecular flexibility index (Phi) is 5.59. The summed E-state index contributed by atoms with van der Waals surface area (Å²) < 4.78 is 10.4. The summed E-state index contributed by atoms with van der Waals surface area (Å²) in [4.78, 5) is 12.1. The molecule has 1 amide bonds. The lowest BCUT2D eigenvalue weighted by Gasteiger charge is -2.36. The van der Waals surface area contributed by atoms with Crippen LogP contribution in [-0.2, 0) is 16.0 Å². The number of carbonyl (C=O) groups excluding carboxylic acids is 1. The second-order valence-electron chi connectivity index (χ2n) is 5.45. The first kappa shape index (κ1) is 15.8. The molecule has 0 spiro atoms. The summed E-state index contributed by atoms with van der Waals surface area (Å²) in [6.45, 7) is 1.13. The van der Waals surface area contributed by atoms with Crippen molar-refractivity contribution in [2.24, 2.45) is 0 Å². The molecule has 0 unspecified atom stereocenters. The number of aliphatic hydroxyl groups is 1. The molecule has 2 rings (SSSR count). The van der Waals surface area contributed by atoms with Crippen LogP contribution in [0.15, 0.2) is 24.3 Å². The van der Waals surface area contributed by atoms with Crippen LogP contribution in [0.2, 0.25) is 0 Å². The average molecular weight is 293 g/mol. The standard InChI is InChI=1S/C16H23NO4/c1-20-14-5-2-13(3-6-14)4-7-15(19)17-16(12-18)8-10-21-11-9-16/h2-3,5-6,18H,4,7-12H2,1H3,(H,17,19). The van der Waals surface area contributed by atoms with Gasteiger partial charge in [0.1, 0.15) is 5.75 Å². The van der Waals surface area contributed by atoms with Gasteiger partial charge in [-0.2, -0.15) is 0 Å². The Morgan fingerprint density at radius 2 is 2.00 bits per heavy atom. The maximum absolute atomic E-state index is 12.1. The third kappa shape index (κ3) is 4.44. The molecule has 1 aromatic rings.